The van der Waals surface area contributed by atoms with Crippen LogP contribution in [0.15, 0.2) is 0 Å². The van der Waals surface area contributed by atoms with Crippen LogP contribution < -0.4 is 5.32 Å². The molecule has 0 radical (unpaired) electrons. The van der Waals surface area contributed by atoms with Crippen molar-refractivity contribution in [3.8, 4) is 0 Å². The molecule has 2 unspecified atom stereocenters. The molecular weight excluding hydrogens is 332 g/mol. The summed E-state index contributed by atoms with van der Waals surface area (Å²) in [6.07, 6.45) is 9.26. The number of aromatic nitrogens is 3. The first-order chi connectivity index (χ1) is 12.5. The Morgan fingerprint density at radius 2 is 2.04 bits per heavy atom. The van der Waals surface area contributed by atoms with E-state index in [2.05, 4.69) is 15.4 Å². The summed E-state index contributed by atoms with van der Waals surface area (Å²) in [4.78, 5) is 28.2. The van der Waals surface area contributed by atoms with E-state index in [1.54, 1.807) is 0 Å². The number of carboxylic acids is 1. The van der Waals surface area contributed by atoms with Gasteiger partial charge in [0, 0.05) is 18.9 Å². The number of carbonyl (C=O) groups is 2. The highest BCUT2D eigenvalue weighted by Gasteiger charge is 2.29. The van der Waals surface area contributed by atoms with Crippen molar-refractivity contribution in [1.82, 2.24) is 20.1 Å². The second-order valence-electron chi connectivity index (χ2n) is 7.87. The van der Waals surface area contributed by atoms with E-state index < -0.39 is 5.97 Å². The van der Waals surface area contributed by atoms with Crippen molar-refractivity contribution in [3.63, 3.8) is 0 Å². The van der Waals surface area contributed by atoms with Crippen LogP contribution in [0.25, 0.3) is 0 Å². The number of rotatable bonds is 7. The van der Waals surface area contributed by atoms with Gasteiger partial charge in [0.25, 0.3) is 0 Å². The number of fused-ring (bicyclic) bond motifs is 1. The standard InChI is InChI=1S/C19H30N4O3/c1-13-20-17-9-7-15(12-23(17)22-13)19(26)21-16(8-10-18(24)25)11-14-5-3-2-4-6-14/h14-16H,2-12H2,1H3,(H,21,26)(H,24,25). The van der Waals surface area contributed by atoms with Gasteiger partial charge in [-0.25, -0.2) is 9.67 Å². The third kappa shape index (κ3) is 5.05. The Labute approximate surface area is 154 Å². The van der Waals surface area contributed by atoms with E-state index in [4.69, 9.17) is 5.11 Å². The van der Waals surface area contributed by atoms with E-state index in [1.807, 2.05) is 11.6 Å². The predicted octanol–water partition coefficient (Wildman–Crippen LogP) is 2.47. The van der Waals surface area contributed by atoms with Gasteiger partial charge in [-0.05, 0) is 32.1 Å². The topological polar surface area (TPSA) is 97.1 Å². The molecule has 1 amide bonds. The molecule has 7 heteroatoms. The molecule has 1 saturated carbocycles. The van der Waals surface area contributed by atoms with E-state index in [0.29, 0.717) is 18.9 Å². The second-order valence-corrected chi connectivity index (χ2v) is 7.87. The molecule has 7 nitrogen and oxygen atoms in total. The average molecular weight is 362 g/mol. The maximum Gasteiger partial charge on any atom is 0.303 e. The molecule has 0 aromatic carbocycles. The Morgan fingerprint density at radius 3 is 2.77 bits per heavy atom. The van der Waals surface area contributed by atoms with Gasteiger partial charge in [0.1, 0.15) is 11.6 Å². The first kappa shape index (κ1) is 18.9. The zero-order valence-corrected chi connectivity index (χ0v) is 15.6. The molecule has 2 atom stereocenters. The zero-order chi connectivity index (χ0) is 18.5. The van der Waals surface area contributed by atoms with Crippen molar-refractivity contribution in [3.05, 3.63) is 11.6 Å². The van der Waals surface area contributed by atoms with Crippen LogP contribution in [0, 0.1) is 18.8 Å². The fraction of sp³-hybridized carbons (Fsp3) is 0.789. The quantitative estimate of drug-likeness (QED) is 0.776. The highest BCUT2D eigenvalue weighted by atomic mass is 16.4. The van der Waals surface area contributed by atoms with Crippen LogP contribution in [0.1, 0.15) is 69.4 Å². The van der Waals surface area contributed by atoms with Crippen LogP contribution in [0.4, 0.5) is 0 Å². The minimum Gasteiger partial charge on any atom is -0.481 e. The lowest BCUT2D eigenvalue weighted by molar-refractivity contribution is -0.137. The predicted molar refractivity (Wildman–Crippen MR) is 96.6 cm³/mol. The SMILES string of the molecule is Cc1nc2n(n1)CC(C(=O)NC(CCC(=O)O)CC1CCCCC1)CC2. The molecule has 3 rings (SSSR count). The van der Waals surface area contributed by atoms with Crippen LogP contribution >= 0.6 is 0 Å². The molecule has 1 aliphatic carbocycles. The molecule has 2 N–H and O–H groups in total. The van der Waals surface area contributed by atoms with Gasteiger partial charge in [-0.1, -0.05) is 32.1 Å². The Balaban J connectivity index is 1.57. The van der Waals surface area contributed by atoms with Crippen molar-refractivity contribution in [1.29, 1.82) is 0 Å². The summed E-state index contributed by atoms with van der Waals surface area (Å²) >= 11 is 0. The number of nitrogens with zero attached hydrogens (tertiary/aromatic N) is 3. The molecule has 2 aliphatic rings. The molecule has 1 aromatic heterocycles. The van der Waals surface area contributed by atoms with Crippen LogP contribution in [0.2, 0.25) is 0 Å². The number of amides is 1. The van der Waals surface area contributed by atoms with Crippen molar-refractivity contribution in [2.75, 3.05) is 0 Å². The molecule has 26 heavy (non-hydrogen) atoms. The second kappa shape index (κ2) is 8.64. The van der Waals surface area contributed by atoms with Crippen molar-refractivity contribution in [2.45, 2.75) is 83.7 Å². The lowest BCUT2D eigenvalue weighted by Crippen LogP contribution is -2.43. The summed E-state index contributed by atoms with van der Waals surface area (Å²) in [5, 5.41) is 16.6. The van der Waals surface area contributed by atoms with Gasteiger partial charge < -0.3 is 10.4 Å². The number of hydrogen-bond acceptors (Lipinski definition) is 4. The van der Waals surface area contributed by atoms with Gasteiger partial charge >= 0.3 is 5.97 Å². The molecule has 1 fully saturated rings. The Morgan fingerprint density at radius 1 is 1.27 bits per heavy atom. The molecule has 0 bridgehead atoms. The maximum absolute atomic E-state index is 12.8. The lowest BCUT2D eigenvalue weighted by atomic mass is 9.83. The molecule has 2 heterocycles. The first-order valence-electron chi connectivity index (χ1n) is 9.93. The first-order valence-corrected chi connectivity index (χ1v) is 9.93. The minimum absolute atomic E-state index is 0.0370. The Kier molecular flexibility index (Phi) is 6.27. The number of hydrogen-bond donors (Lipinski definition) is 2. The molecular formula is C19H30N4O3. The molecule has 0 spiro atoms. The maximum atomic E-state index is 12.8. The van der Waals surface area contributed by atoms with Crippen molar-refractivity contribution < 1.29 is 14.7 Å². The largest absolute Gasteiger partial charge is 0.481 e. The number of carbonyl (C=O) groups excluding carboxylic acids is 1. The van der Waals surface area contributed by atoms with Crippen LogP contribution in [-0.4, -0.2) is 37.8 Å². The fourth-order valence-corrected chi connectivity index (χ4v) is 4.34. The Bertz CT molecular complexity index is 637. The minimum atomic E-state index is -0.798. The van der Waals surface area contributed by atoms with E-state index in [-0.39, 0.29) is 24.3 Å². The van der Waals surface area contributed by atoms with Gasteiger partial charge in [-0.2, -0.15) is 5.10 Å². The number of aliphatic carboxylic acids is 1. The van der Waals surface area contributed by atoms with Crippen molar-refractivity contribution in [2.24, 2.45) is 11.8 Å². The van der Waals surface area contributed by atoms with E-state index in [9.17, 15) is 9.59 Å². The summed E-state index contributed by atoms with van der Waals surface area (Å²) < 4.78 is 1.84. The van der Waals surface area contributed by atoms with Gasteiger partial charge in [0.05, 0.1) is 12.5 Å². The van der Waals surface area contributed by atoms with Gasteiger partial charge in [-0.15, -0.1) is 0 Å². The van der Waals surface area contributed by atoms with Gasteiger partial charge in [0.2, 0.25) is 5.91 Å². The Hall–Kier alpha value is -1.92. The van der Waals surface area contributed by atoms with Crippen LogP contribution in [0.5, 0.6) is 0 Å². The molecule has 0 saturated heterocycles. The molecule has 1 aliphatic heterocycles. The number of carboxylic acid groups (broad SMARTS) is 1. The zero-order valence-electron chi connectivity index (χ0n) is 15.6. The van der Waals surface area contributed by atoms with Crippen molar-refractivity contribution >= 4 is 11.9 Å². The summed E-state index contributed by atoms with van der Waals surface area (Å²) in [5.41, 5.74) is 0. The van der Waals surface area contributed by atoms with Gasteiger partial charge in [-0.3, -0.25) is 9.59 Å². The molecule has 1 aromatic rings. The summed E-state index contributed by atoms with van der Waals surface area (Å²) in [6.45, 7) is 2.43. The summed E-state index contributed by atoms with van der Waals surface area (Å²) in [6, 6.07) is -0.0411. The lowest BCUT2D eigenvalue weighted by Gasteiger charge is -2.29. The van der Waals surface area contributed by atoms with E-state index >= 15 is 0 Å². The third-order valence-corrected chi connectivity index (χ3v) is 5.73. The third-order valence-electron chi connectivity index (χ3n) is 5.73. The highest BCUT2D eigenvalue weighted by Crippen LogP contribution is 2.28. The van der Waals surface area contributed by atoms with Crippen LogP contribution in [-0.2, 0) is 22.6 Å². The monoisotopic (exact) mass is 362 g/mol. The van der Waals surface area contributed by atoms with Crippen LogP contribution in [0.3, 0.4) is 0 Å². The average Bonchev–Trinajstić information content (AvgIpc) is 2.99. The number of aryl methyl sites for hydroxylation is 2. The summed E-state index contributed by atoms with van der Waals surface area (Å²) in [7, 11) is 0. The smallest absolute Gasteiger partial charge is 0.303 e. The normalized spacial score (nSPS) is 21.8. The highest BCUT2D eigenvalue weighted by molar-refractivity contribution is 5.79. The van der Waals surface area contributed by atoms with E-state index in [1.165, 1.54) is 32.1 Å². The van der Waals surface area contributed by atoms with E-state index in [0.717, 1.165) is 30.9 Å². The summed E-state index contributed by atoms with van der Waals surface area (Å²) in [5.74, 6) is 1.44. The molecule has 144 valence electrons. The van der Waals surface area contributed by atoms with Gasteiger partial charge in [0.15, 0.2) is 0 Å². The fourth-order valence-electron chi connectivity index (χ4n) is 4.34. The number of nitrogens with one attached hydrogen (secondary N) is 1.